The Hall–Kier alpha value is -2.03. The molecular weight excluding hydrogens is 216 g/mol. The summed E-state index contributed by atoms with van der Waals surface area (Å²) in [5, 5.41) is 8.58. The first-order chi connectivity index (χ1) is 8.09. The third-order valence-corrected chi connectivity index (χ3v) is 2.05. The van der Waals surface area contributed by atoms with Crippen LogP contribution in [0.5, 0.6) is 5.75 Å². The van der Waals surface area contributed by atoms with Gasteiger partial charge in [0.1, 0.15) is 12.4 Å². The molecule has 0 spiro atoms. The van der Waals surface area contributed by atoms with Crippen molar-refractivity contribution in [3.8, 4) is 5.75 Å². The molecule has 1 aromatic carbocycles. The summed E-state index contributed by atoms with van der Waals surface area (Å²) in [6.07, 6.45) is 4.60. The van der Waals surface area contributed by atoms with Crippen LogP contribution < -0.4 is 4.74 Å². The molecule has 1 N–H and O–H groups in total. The second-order valence-corrected chi connectivity index (χ2v) is 3.80. The molecule has 0 aliphatic heterocycles. The maximum atomic E-state index is 10.5. The van der Waals surface area contributed by atoms with Crippen LogP contribution in [-0.4, -0.2) is 17.7 Å². The Bertz CT molecular complexity index is 441. The van der Waals surface area contributed by atoms with Crippen molar-refractivity contribution in [2.75, 3.05) is 6.61 Å². The minimum absolute atomic E-state index is 0.486. The summed E-state index contributed by atoms with van der Waals surface area (Å²) in [7, 11) is 0. The molecule has 0 aliphatic carbocycles. The summed E-state index contributed by atoms with van der Waals surface area (Å²) in [5.74, 6) is -0.286. The average molecular weight is 232 g/mol. The van der Waals surface area contributed by atoms with Gasteiger partial charge in [-0.05, 0) is 32.1 Å². The van der Waals surface area contributed by atoms with Crippen molar-refractivity contribution in [1.29, 1.82) is 0 Å². The lowest BCUT2D eigenvalue weighted by Gasteiger charge is -2.06. The first-order valence-electron chi connectivity index (χ1n) is 5.36. The highest BCUT2D eigenvalue weighted by atomic mass is 16.5. The first-order valence-corrected chi connectivity index (χ1v) is 5.36. The zero-order valence-electron chi connectivity index (χ0n) is 10.0. The van der Waals surface area contributed by atoms with Crippen LogP contribution in [0, 0.1) is 0 Å². The van der Waals surface area contributed by atoms with Crippen LogP contribution in [0.1, 0.15) is 19.4 Å². The number of hydrogen-bond donors (Lipinski definition) is 1. The van der Waals surface area contributed by atoms with Crippen molar-refractivity contribution in [1.82, 2.24) is 0 Å². The fourth-order valence-electron chi connectivity index (χ4n) is 1.21. The van der Waals surface area contributed by atoms with Gasteiger partial charge in [0.05, 0.1) is 0 Å². The van der Waals surface area contributed by atoms with Crippen LogP contribution >= 0.6 is 0 Å². The van der Waals surface area contributed by atoms with E-state index < -0.39 is 5.97 Å². The van der Waals surface area contributed by atoms with Gasteiger partial charge >= 0.3 is 5.97 Å². The van der Waals surface area contributed by atoms with Gasteiger partial charge in [0.15, 0.2) is 0 Å². The quantitative estimate of drug-likeness (QED) is 0.626. The highest BCUT2D eigenvalue weighted by Crippen LogP contribution is 2.19. The SMILES string of the molecule is CC(C)=CCOc1ccccc1/C=C/C(=O)O. The van der Waals surface area contributed by atoms with Crippen molar-refractivity contribution in [3.63, 3.8) is 0 Å². The molecule has 0 saturated carbocycles. The second-order valence-electron chi connectivity index (χ2n) is 3.80. The number of para-hydroxylation sites is 1. The summed E-state index contributed by atoms with van der Waals surface area (Å²) in [6.45, 7) is 4.49. The molecule has 17 heavy (non-hydrogen) atoms. The third kappa shape index (κ3) is 5.02. The molecule has 0 unspecified atom stereocenters. The normalized spacial score (nSPS) is 10.2. The van der Waals surface area contributed by atoms with Crippen LogP contribution in [0.4, 0.5) is 0 Å². The standard InChI is InChI=1S/C14H16O3/c1-11(2)9-10-17-13-6-4-3-5-12(13)7-8-14(15)16/h3-9H,10H2,1-2H3,(H,15,16)/b8-7+. The van der Waals surface area contributed by atoms with Crippen molar-refractivity contribution in [2.45, 2.75) is 13.8 Å². The monoisotopic (exact) mass is 232 g/mol. The molecule has 0 fully saturated rings. The van der Waals surface area contributed by atoms with Crippen LogP contribution in [0.15, 0.2) is 42.0 Å². The fourth-order valence-corrected chi connectivity index (χ4v) is 1.21. The zero-order chi connectivity index (χ0) is 12.7. The predicted octanol–water partition coefficient (Wildman–Crippen LogP) is 3.13. The Morgan fingerprint density at radius 3 is 2.71 bits per heavy atom. The van der Waals surface area contributed by atoms with Crippen LogP contribution in [0.25, 0.3) is 6.08 Å². The largest absolute Gasteiger partial charge is 0.489 e. The molecule has 1 rings (SSSR count). The number of ether oxygens (including phenoxy) is 1. The van der Waals surface area contributed by atoms with E-state index in [2.05, 4.69) is 0 Å². The van der Waals surface area contributed by atoms with Gasteiger partial charge in [-0.25, -0.2) is 4.79 Å². The van der Waals surface area contributed by atoms with Gasteiger partial charge in [0, 0.05) is 11.6 Å². The number of benzene rings is 1. The van der Waals surface area contributed by atoms with E-state index in [0.29, 0.717) is 12.4 Å². The van der Waals surface area contributed by atoms with Crippen molar-refractivity contribution in [2.24, 2.45) is 0 Å². The molecule has 90 valence electrons. The Labute approximate surface area is 101 Å². The molecule has 0 amide bonds. The molecule has 0 atom stereocenters. The molecule has 3 nitrogen and oxygen atoms in total. The number of hydrogen-bond acceptors (Lipinski definition) is 2. The Morgan fingerprint density at radius 2 is 2.06 bits per heavy atom. The number of aliphatic carboxylic acids is 1. The fraction of sp³-hybridized carbons (Fsp3) is 0.214. The van der Waals surface area contributed by atoms with Gasteiger partial charge in [-0.1, -0.05) is 23.8 Å². The van der Waals surface area contributed by atoms with E-state index in [0.717, 1.165) is 11.6 Å². The van der Waals surface area contributed by atoms with Crippen molar-refractivity contribution >= 4 is 12.0 Å². The van der Waals surface area contributed by atoms with Gasteiger partial charge in [0.25, 0.3) is 0 Å². The smallest absolute Gasteiger partial charge is 0.328 e. The highest BCUT2D eigenvalue weighted by Gasteiger charge is 1.99. The highest BCUT2D eigenvalue weighted by molar-refractivity contribution is 5.85. The molecule has 0 bridgehead atoms. The topological polar surface area (TPSA) is 46.5 Å². The minimum Gasteiger partial charge on any atom is -0.489 e. The van der Waals surface area contributed by atoms with Crippen molar-refractivity contribution in [3.05, 3.63) is 47.6 Å². The summed E-state index contributed by atoms with van der Waals surface area (Å²) in [6, 6.07) is 7.34. The summed E-state index contributed by atoms with van der Waals surface area (Å²) in [4.78, 5) is 10.5. The first kappa shape index (κ1) is 13.0. The lowest BCUT2D eigenvalue weighted by atomic mass is 10.2. The second kappa shape index (κ2) is 6.53. The number of carbonyl (C=O) groups is 1. The summed E-state index contributed by atoms with van der Waals surface area (Å²) in [5.41, 5.74) is 1.95. The number of rotatable bonds is 5. The van der Waals surface area contributed by atoms with E-state index in [-0.39, 0.29) is 0 Å². The van der Waals surface area contributed by atoms with Crippen LogP contribution in [-0.2, 0) is 4.79 Å². The molecule has 0 heterocycles. The van der Waals surface area contributed by atoms with Gasteiger partial charge in [0.2, 0.25) is 0 Å². The van der Waals surface area contributed by atoms with Gasteiger partial charge in [-0.3, -0.25) is 0 Å². The summed E-state index contributed by atoms with van der Waals surface area (Å²) >= 11 is 0. The number of allylic oxidation sites excluding steroid dienone is 1. The average Bonchev–Trinajstić information content (AvgIpc) is 2.27. The van der Waals surface area contributed by atoms with Crippen LogP contribution in [0.2, 0.25) is 0 Å². The Kier molecular flexibility index (Phi) is 5.01. The third-order valence-electron chi connectivity index (χ3n) is 2.05. The molecule has 1 aromatic rings. The van der Waals surface area contributed by atoms with E-state index in [9.17, 15) is 4.79 Å². The maximum absolute atomic E-state index is 10.5. The molecule has 3 heteroatoms. The lowest BCUT2D eigenvalue weighted by molar-refractivity contribution is -0.131. The van der Waals surface area contributed by atoms with Crippen molar-refractivity contribution < 1.29 is 14.6 Å². The van der Waals surface area contributed by atoms with E-state index in [1.165, 1.54) is 11.6 Å². The van der Waals surface area contributed by atoms with E-state index in [1.54, 1.807) is 0 Å². The predicted molar refractivity (Wildman–Crippen MR) is 68.0 cm³/mol. The molecule has 0 radical (unpaired) electrons. The minimum atomic E-state index is -0.968. The van der Waals surface area contributed by atoms with E-state index in [1.807, 2.05) is 44.2 Å². The Balaban J connectivity index is 2.77. The van der Waals surface area contributed by atoms with Gasteiger partial charge < -0.3 is 9.84 Å². The summed E-state index contributed by atoms with van der Waals surface area (Å²) < 4.78 is 5.56. The zero-order valence-corrected chi connectivity index (χ0v) is 10.0. The van der Waals surface area contributed by atoms with Crippen LogP contribution in [0.3, 0.4) is 0 Å². The molecule has 0 aliphatic rings. The molecular formula is C14H16O3. The lowest BCUT2D eigenvalue weighted by Crippen LogP contribution is -1.96. The van der Waals surface area contributed by atoms with Gasteiger partial charge in [-0.15, -0.1) is 0 Å². The maximum Gasteiger partial charge on any atom is 0.328 e. The van der Waals surface area contributed by atoms with Gasteiger partial charge in [-0.2, -0.15) is 0 Å². The Morgan fingerprint density at radius 1 is 1.35 bits per heavy atom. The van der Waals surface area contributed by atoms with E-state index in [4.69, 9.17) is 9.84 Å². The molecule has 0 aromatic heterocycles. The van der Waals surface area contributed by atoms with E-state index >= 15 is 0 Å². The molecule has 0 saturated heterocycles. The number of carboxylic acid groups (broad SMARTS) is 1. The number of carboxylic acids is 1.